The molecule has 4 heteroatoms. The van der Waals surface area contributed by atoms with Gasteiger partial charge in [0.1, 0.15) is 17.7 Å². The summed E-state index contributed by atoms with van der Waals surface area (Å²) in [6, 6.07) is 10.2. The first-order valence-electron chi connectivity index (χ1n) is 4.77. The summed E-state index contributed by atoms with van der Waals surface area (Å²) >= 11 is 3.22. The van der Waals surface area contributed by atoms with Crippen LogP contribution in [0.15, 0.2) is 40.9 Å². The number of nitriles is 1. The minimum absolute atomic E-state index is 0.149. The van der Waals surface area contributed by atoms with Crippen LogP contribution >= 0.6 is 15.9 Å². The molecule has 0 atom stereocenters. The number of rotatable bonds is 1. The second-order valence-electron chi connectivity index (χ2n) is 3.40. The van der Waals surface area contributed by atoms with E-state index >= 15 is 0 Å². The van der Waals surface area contributed by atoms with E-state index in [1.54, 1.807) is 12.1 Å². The van der Waals surface area contributed by atoms with E-state index in [-0.39, 0.29) is 16.7 Å². The van der Waals surface area contributed by atoms with Crippen molar-refractivity contribution in [2.75, 3.05) is 0 Å². The van der Waals surface area contributed by atoms with Crippen LogP contribution in [0.5, 0.6) is 0 Å². The van der Waals surface area contributed by atoms with Crippen LogP contribution in [0.3, 0.4) is 0 Å². The van der Waals surface area contributed by atoms with Crippen LogP contribution in [-0.4, -0.2) is 0 Å². The summed E-state index contributed by atoms with van der Waals surface area (Å²) in [6.07, 6.45) is 0. The lowest BCUT2D eigenvalue weighted by atomic mass is 9.99. The van der Waals surface area contributed by atoms with Crippen molar-refractivity contribution in [1.82, 2.24) is 0 Å². The number of hydrogen-bond donors (Lipinski definition) is 0. The third-order valence-corrected chi connectivity index (χ3v) is 2.84. The van der Waals surface area contributed by atoms with Crippen molar-refractivity contribution in [3.8, 4) is 17.2 Å². The molecule has 0 unspecified atom stereocenters. The smallest absolute Gasteiger partial charge is 0.141 e. The molecule has 0 spiro atoms. The molecule has 0 heterocycles. The lowest BCUT2D eigenvalue weighted by molar-refractivity contribution is 0.621. The van der Waals surface area contributed by atoms with Gasteiger partial charge in [-0.15, -0.1) is 0 Å². The van der Waals surface area contributed by atoms with Gasteiger partial charge >= 0.3 is 0 Å². The molecule has 2 aromatic rings. The Kier molecular flexibility index (Phi) is 3.21. The molecule has 0 fully saturated rings. The quantitative estimate of drug-likeness (QED) is 0.770. The maximum atomic E-state index is 13.7. The number of nitrogens with zero attached hydrogens (tertiary/aromatic N) is 1. The lowest BCUT2D eigenvalue weighted by Crippen LogP contribution is -1.92. The Morgan fingerprint density at radius 1 is 1.00 bits per heavy atom. The maximum Gasteiger partial charge on any atom is 0.141 e. The summed E-state index contributed by atoms with van der Waals surface area (Å²) in [5.74, 6) is -1.14. The molecule has 0 saturated carbocycles. The van der Waals surface area contributed by atoms with Crippen molar-refractivity contribution in [2.24, 2.45) is 0 Å². The highest BCUT2D eigenvalue weighted by Crippen LogP contribution is 2.29. The predicted octanol–water partition coefficient (Wildman–Crippen LogP) is 4.27. The molecule has 0 aliphatic heterocycles. The summed E-state index contributed by atoms with van der Waals surface area (Å²) in [4.78, 5) is 0. The second-order valence-corrected chi connectivity index (χ2v) is 4.31. The van der Waals surface area contributed by atoms with Crippen LogP contribution in [0.2, 0.25) is 0 Å². The van der Waals surface area contributed by atoms with Crippen molar-refractivity contribution in [2.45, 2.75) is 0 Å². The first-order chi connectivity index (χ1) is 8.13. The second kappa shape index (κ2) is 4.64. The van der Waals surface area contributed by atoms with Crippen LogP contribution in [0.1, 0.15) is 5.56 Å². The van der Waals surface area contributed by atoms with Gasteiger partial charge in [-0.05, 0) is 24.3 Å². The Labute approximate surface area is 105 Å². The van der Waals surface area contributed by atoms with Crippen molar-refractivity contribution in [3.63, 3.8) is 0 Å². The zero-order valence-corrected chi connectivity index (χ0v) is 10.1. The number of hydrogen-bond acceptors (Lipinski definition) is 1. The lowest BCUT2D eigenvalue weighted by Gasteiger charge is -2.06. The molecule has 2 aromatic carbocycles. The van der Waals surface area contributed by atoms with E-state index in [0.29, 0.717) is 4.47 Å². The van der Waals surface area contributed by atoms with Crippen LogP contribution in [0.25, 0.3) is 11.1 Å². The molecule has 0 aliphatic carbocycles. The molecule has 84 valence electrons. The van der Waals surface area contributed by atoms with Gasteiger partial charge in [0.2, 0.25) is 0 Å². The minimum atomic E-state index is -0.649. The molecule has 0 saturated heterocycles. The van der Waals surface area contributed by atoms with E-state index in [2.05, 4.69) is 15.9 Å². The van der Waals surface area contributed by atoms with Gasteiger partial charge < -0.3 is 0 Å². The Morgan fingerprint density at radius 3 is 2.47 bits per heavy atom. The van der Waals surface area contributed by atoms with Gasteiger partial charge in [0.15, 0.2) is 0 Å². The summed E-state index contributed by atoms with van der Waals surface area (Å²) in [7, 11) is 0. The Morgan fingerprint density at radius 2 is 1.76 bits per heavy atom. The fraction of sp³-hybridized carbons (Fsp3) is 0. The van der Waals surface area contributed by atoms with Gasteiger partial charge in [0.25, 0.3) is 0 Å². The van der Waals surface area contributed by atoms with Crippen molar-refractivity contribution >= 4 is 15.9 Å². The first kappa shape index (κ1) is 11.7. The summed E-state index contributed by atoms with van der Waals surface area (Å²) in [5, 5.41) is 8.90. The maximum absolute atomic E-state index is 13.7. The Bertz CT molecular complexity index is 617. The van der Waals surface area contributed by atoms with Crippen LogP contribution < -0.4 is 0 Å². The van der Waals surface area contributed by atoms with E-state index in [4.69, 9.17) is 5.26 Å². The van der Waals surface area contributed by atoms with Gasteiger partial charge in [-0.3, -0.25) is 0 Å². The van der Waals surface area contributed by atoms with Gasteiger partial charge in [-0.25, -0.2) is 8.78 Å². The first-order valence-corrected chi connectivity index (χ1v) is 5.57. The van der Waals surface area contributed by atoms with Gasteiger partial charge in [0, 0.05) is 15.6 Å². The van der Waals surface area contributed by atoms with Gasteiger partial charge in [-0.1, -0.05) is 28.1 Å². The molecule has 0 amide bonds. The molecule has 0 radical (unpaired) electrons. The number of benzene rings is 2. The molecule has 0 bridgehead atoms. The van der Waals surface area contributed by atoms with Crippen LogP contribution in [0.4, 0.5) is 8.78 Å². The molecule has 17 heavy (non-hydrogen) atoms. The van der Waals surface area contributed by atoms with Gasteiger partial charge in [-0.2, -0.15) is 5.26 Å². The van der Waals surface area contributed by atoms with Crippen molar-refractivity contribution in [1.29, 1.82) is 5.26 Å². The van der Waals surface area contributed by atoms with Crippen molar-refractivity contribution < 1.29 is 8.78 Å². The highest BCUT2D eigenvalue weighted by atomic mass is 79.9. The Balaban J connectivity index is 2.73. The summed E-state index contributed by atoms with van der Waals surface area (Å²) in [6.45, 7) is 0. The predicted molar refractivity (Wildman–Crippen MR) is 64.2 cm³/mol. The monoisotopic (exact) mass is 293 g/mol. The summed E-state index contributed by atoms with van der Waals surface area (Å²) < 4.78 is 27.7. The fourth-order valence-corrected chi connectivity index (χ4v) is 1.93. The molecule has 1 nitrogen and oxygen atoms in total. The minimum Gasteiger partial charge on any atom is -0.206 e. The zero-order chi connectivity index (χ0) is 12.4. The average Bonchev–Trinajstić information content (AvgIpc) is 2.32. The van der Waals surface area contributed by atoms with Crippen LogP contribution in [0, 0.1) is 23.0 Å². The zero-order valence-electron chi connectivity index (χ0n) is 8.55. The van der Waals surface area contributed by atoms with E-state index in [1.165, 1.54) is 30.3 Å². The van der Waals surface area contributed by atoms with E-state index in [9.17, 15) is 8.78 Å². The molecule has 0 aliphatic rings. The topological polar surface area (TPSA) is 23.8 Å². The third kappa shape index (κ3) is 2.20. The van der Waals surface area contributed by atoms with Crippen LogP contribution in [-0.2, 0) is 0 Å². The average molecular weight is 294 g/mol. The highest BCUT2D eigenvalue weighted by Gasteiger charge is 2.13. The number of halogens is 3. The molecule has 0 aromatic heterocycles. The SMILES string of the molecule is N#Cc1c(F)cccc1-c1cc(Br)ccc1F. The fourth-order valence-electron chi connectivity index (χ4n) is 1.57. The van der Waals surface area contributed by atoms with E-state index < -0.39 is 11.6 Å². The van der Waals surface area contributed by atoms with Gasteiger partial charge in [0.05, 0.1) is 5.56 Å². The summed E-state index contributed by atoms with van der Waals surface area (Å²) in [5.41, 5.74) is 0.311. The van der Waals surface area contributed by atoms with Crippen molar-refractivity contribution in [3.05, 3.63) is 58.1 Å². The highest BCUT2D eigenvalue weighted by molar-refractivity contribution is 9.10. The van der Waals surface area contributed by atoms with E-state index in [1.807, 2.05) is 0 Å². The normalized spacial score (nSPS) is 10.0. The Hall–Kier alpha value is -1.73. The molecular formula is C13H6BrF2N. The van der Waals surface area contributed by atoms with E-state index in [0.717, 1.165) is 0 Å². The molecule has 2 rings (SSSR count). The largest absolute Gasteiger partial charge is 0.206 e. The molecular weight excluding hydrogens is 288 g/mol. The standard InChI is InChI=1S/C13H6BrF2N/c14-8-4-5-13(16)10(6-8)9-2-1-3-12(15)11(9)7-17/h1-6H. The third-order valence-electron chi connectivity index (χ3n) is 2.34. The molecule has 0 N–H and O–H groups in total.